The number of carbonyl (C=O) groups excluding carboxylic acids is 2. The Hall–Kier alpha value is -3.38. The van der Waals surface area contributed by atoms with Gasteiger partial charge in [-0.1, -0.05) is 0 Å². The zero-order chi connectivity index (χ0) is 23.9. The van der Waals surface area contributed by atoms with Crippen molar-refractivity contribution in [3.05, 3.63) is 30.3 Å². The fraction of sp³-hybridized carbons (Fsp3) is 0.409. The van der Waals surface area contributed by atoms with E-state index in [0.717, 1.165) is 35.6 Å². The predicted molar refractivity (Wildman–Crippen MR) is 127 cm³/mol. The van der Waals surface area contributed by atoms with Crippen LogP contribution in [0.3, 0.4) is 0 Å². The van der Waals surface area contributed by atoms with Crippen molar-refractivity contribution in [1.29, 1.82) is 0 Å². The van der Waals surface area contributed by atoms with Gasteiger partial charge in [0.25, 0.3) is 0 Å². The normalized spacial score (nSPS) is 16.9. The molecule has 4 rings (SSSR count). The minimum atomic E-state index is -0.468. The number of anilines is 2. The van der Waals surface area contributed by atoms with Crippen LogP contribution in [0.1, 0.15) is 39.0 Å². The molecule has 12 heteroatoms. The summed E-state index contributed by atoms with van der Waals surface area (Å²) in [6, 6.07) is 9.22. The van der Waals surface area contributed by atoms with Crippen molar-refractivity contribution in [3.63, 3.8) is 0 Å². The van der Waals surface area contributed by atoms with Crippen LogP contribution in [0, 0.1) is 5.92 Å². The fourth-order valence-electron chi connectivity index (χ4n) is 3.20. The second-order valence-electron chi connectivity index (χ2n) is 8.13. The molecule has 1 aromatic carbocycles. The first-order chi connectivity index (χ1) is 16.5. The lowest BCUT2D eigenvalue weighted by Crippen LogP contribution is -2.29. The van der Waals surface area contributed by atoms with E-state index >= 15 is 0 Å². The molecule has 180 valence electrons. The fourth-order valence-corrected chi connectivity index (χ4v) is 3.96. The van der Waals surface area contributed by atoms with Gasteiger partial charge in [0.2, 0.25) is 17.7 Å². The van der Waals surface area contributed by atoms with E-state index in [1.807, 2.05) is 31.2 Å². The lowest BCUT2D eigenvalue weighted by molar-refractivity contribution is -0.129. The molecule has 1 aromatic heterocycles. The smallest absolute Gasteiger partial charge is 0.243 e. The number of hydroxylamine groups is 1. The van der Waals surface area contributed by atoms with Gasteiger partial charge in [-0.15, -0.1) is 0 Å². The summed E-state index contributed by atoms with van der Waals surface area (Å²) >= 11 is 1.37. The van der Waals surface area contributed by atoms with Crippen LogP contribution in [0.4, 0.5) is 11.5 Å². The molecule has 1 saturated carbocycles. The van der Waals surface area contributed by atoms with E-state index in [9.17, 15) is 9.59 Å². The Labute approximate surface area is 201 Å². The third kappa shape index (κ3) is 7.06. The molecule has 1 atom stereocenters. The number of hydrazone groups is 1. The molecule has 5 N–H and O–H groups in total. The molecular formula is C22H27N7O4S. The molecule has 1 aliphatic carbocycles. The molecule has 0 radical (unpaired) electrons. The van der Waals surface area contributed by atoms with Crippen LogP contribution in [0.2, 0.25) is 0 Å². The average molecular weight is 486 g/mol. The Kier molecular flexibility index (Phi) is 7.80. The predicted octanol–water partition coefficient (Wildman–Crippen LogP) is 2.75. The summed E-state index contributed by atoms with van der Waals surface area (Å²) in [5.41, 5.74) is 6.37. The highest BCUT2D eigenvalue weighted by Gasteiger charge is 2.29. The van der Waals surface area contributed by atoms with Crippen LogP contribution >= 0.6 is 11.8 Å². The van der Waals surface area contributed by atoms with Gasteiger partial charge < -0.3 is 15.4 Å². The SMILES string of the molecule is CC1=NNC(Nc2cc(OCCCC(=O)NO)nc(Sc3ccc(NC(=O)C4CC4)cc3)n2)C1. The number of amides is 2. The number of ether oxygens (including phenoxy) is 1. The van der Waals surface area contributed by atoms with E-state index in [-0.39, 0.29) is 31.0 Å². The van der Waals surface area contributed by atoms with E-state index < -0.39 is 5.91 Å². The molecule has 0 spiro atoms. The van der Waals surface area contributed by atoms with Crippen molar-refractivity contribution in [2.75, 3.05) is 17.2 Å². The van der Waals surface area contributed by atoms with Crippen molar-refractivity contribution < 1.29 is 19.5 Å². The number of benzene rings is 1. The number of hydrogen-bond donors (Lipinski definition) is 5. The average Bonchev–Trinajstić information content (AvgIpc) is 3.60. The van der Waals surface area contributed by atoms with Gasteiger partial charge in [-0.05, 0) is 62.2 Å². The quantitative estimate of drug-likeness (QED) is 0.140. The van der Waals surface area contributed by atoms with Gasteiger partial charge in [0, 0.05) is 41.1 Å². The number of carbonyl (C=O) groups is 2. The van der Waals surface area contributed by atoms with Gasteiger partial charge in [-0.3, -0.25) is 20.2 Å². The zero-order valence-corrected chi connectivity index (χ0v) is 19.5. The standard InChI is InChI=1S/C22H27N7O4S/c1-13-11-18(28-27-13)24-17-12-20(33-10-2-3-19(30)29-32)26-22(25-17)34-16-8-6-15(7-9-16)23-21(31)14-4-5-14/h6-9,12,14,18,28,32H,2-5,10-11H2,1H3,(H,23,31)(H,29,30)(H,24,25,26). The van der Waals surface area contributed by atoms with Gasteiger partial charge in [-0.2, -0.15) is 10.1 Å². The largest absolute Gasteiger partial charge is 0.477 e. The first kappa shape index (κ1) is 23.8. The van der Waals surface area contributed by atoms with Crippen molar-refractivity contribution in [2.24, 2.45) is 11.0 Å². The zero-order valence-electron chi connectivity index (χ0n) is 18.7. The highest BCUT2D eigenvalue weighted by atomic mass is 32.2. The maximum absolute atomic E-state index is 11.9. The maximum Gasteiger partial charge on any atom is 0.243 e. The molecule has 11 nitrogen and oxygen atoms in total. The van der Waals surface area contributed by atoms with Crippen LogP contribution in [-0.4, -0.2) is 45.5 Å². The first-order valence-corrected chi connectivity index (χ1v) is 11.9. The Balaban J connectivity index is 1.41. The van der Waals surface area contributed by atoms with Gasteiger partial charge >= 0.3 is 0 Å². The van der Waals surface area contributed by atoms with E-state index in [1.54, 1.807) is 11.5 Å². The molecule has 2 aliphatic rings. The molecule has 1 fully saturated rings. The number of hydrogen-bond acceptors (Lipinski definition) is 10. The summed E-state index contributed by atoms with van der Waals surface area (Å²) < 4.78 is 5.73. The lowest BCUT2D eigenvalue weighted by Gasteiger charge is -2.15. The lowest BCUT2D eigenvalue weighted by atomic mass is 10.3. The molecule has 1 unspecified atom stereocenters. The summed E-state index contributed by atoms with van der Waals surface area (Å²) in [5, 5.41) is 19.5. The second-order valence-corrected chi connectivity index (χ2v) is 9.17. The van der Waals surface area contributed by atoms with Gasteiger partial charge in [0.15, 0.2) is 5.16 Å². The topological polar surface area (TPSA) is 150 Å². The molecular weight excluding hydrogens is 458 g/mol. The van der Waals surface area contributed by atoms with Gasteiger partial charge in [0.05, 0.1) is 6.61 Å². The van der Waals surface area contributed by atoms with E-state index in [1.165, 1.54) is 11.8 Å². The van der Waals surface area contributed by atoms with Crippen molar-refractivity contribution in [1.82, 2.24) is 20.9 Å². The van der Waals surface area contributed by atoms with E-state index in [2.05, 4.69) is 31.1 Å². The van der Waals surface area contributed by atoms with Crippen LogP contribution in [0.5, 0.6) is 5.88 Å². The van der Waals surface area contributed by atoms with Crippen molar-refractivity contribution in [3.8, 4) is 5.88 Å². The van der Waals surface area contributed by atoms with Gasteiger partial charge in [-0.25, -0.2) is 10.5 Å². The number of nitrogens with zero attached hydrogens (tertiary/aromatic N) is 3. The van der Waals surface area contributed by atoms with Crippen molar-refractivity contribution >= 4 is 40.8 Å². The first-order valence-electron chi connectivity index (χ1n) is 11.1. The van der Waals surface area contributed by atoms with Crippen LogP contribution in [-0.2, 0) is 9.59 Å². The van der Waals surface area contributed by atoms with Gasteiger partial charge in [0.1, 0.15) is 12.0 Å². The van der Waals surface area contributed by atoms with Crippen molar-refractivity contribution in [2.45, 2.75) is 55.2 Å². The molecule has 2 heterocycles. The summed E-state index contributed by atoms with van der Waals surface area (Å²) in [5.74, 6) is 0.701. The van der Waals surface area contributed by atoms with E-state index in [4.69, 9.17) is 9.94 Å². The molecule has 2 amide bonds. The van der Waals surface area contributed by atoms with Crippen LogP contribution < -0.4 is 26.3 Å². The third-order valence-electron chi connectivity index (χ3n) is 5.12. The maximum atomic E-state index is 11.9. The summed E-state index contributed by atoms with van der Waals surface area (Å²) in [4.78, 5) is 33.1. The number of nitrogens with one attached hydrogen (secondary N) is 4. The summed E-state index contributed by atoms with van der Waals surface area (Å²) in [6.45, 7) is 2.21. The Bertz CT molecular complexity index is 1060. The van der Waals surface area contributed by atoms with Crippen LogP contribution in [0.15, 0.2) is 45.5 Å². The highest BCUT2D eigenvalue weighted by Crippen LogP contribution is 2.32. The third-order valence-corrected chi connectivity index (χ3v) is 5.99. The molecule has 2 aromatic rings. The van der Waals surface area contributed by atoms with E-state index in [0.29, 0.717) is 23.3 Å². The summed E-state index contributed by atoms with van der Waals surface area (Å²) in [6.07, 6.45) is 3.15. The Morgan fingerprint density at radius 3 is 2.71 bits per heavy atom. The molecule has 0 bridgehead atoms. The second kappa shape index (κ2) is 11.2. The molecule has 1 aliphatic heterocycles. The Morgan fingerprint density at radius 1 is 1.24 bits per heavy atom. The molecule has 34 heavy (non-hydrogen) atoms. The monoisotopic (exact) mass is 485 g/mol. The Morgan fingerprint density at radius 2 is 2.03 bits per heavy atom. The summed E-state index contributed by atoms with van der Waals surface area (Å²) in [7, 11) is 0. The highest BCUT2D eigenvalue weighted by molar-refractivity contribution is 7.99. The number of rotatable bonds is 11. The minimum absolute atomic E-state index is 0.0699. The minimum Gasteiger partial charge on any atom is -0.477 e. The number of aromatic nitrogens is 2. The van der Waals surface area contributed by atoms with Crippen LogP contribution in [0.25, 0.3) is 0 Å². The molecule has 0 saturated heterocycles.